The van der Waals surface area contributed by atoms with Crippen LogP contribution in [0.4, 0.5) is 0 Å². The second-order valence-electron chi connectivity index (χ2n) is 3.19. The van der Waals surface area contributed by atoms with Gasteiger partial charge in [0, 0.05) is 24.3 Å². The lowest BCUT2D eigenvalue weighted by Gasteiger charge is -1.97. The van der Waals surface area contributed by atoms with Gasteiger partial charge in [0.15, 0.2) is 0 Å². The summed E-state index contributed by atoms with van der Waals surface area (Å²) in [5.41, 5.74) is 3.74. The normalized spacial score (nSPS) is 12.9. The fourth-order valence-corrected chi connectivity index (χ4v) is 1.80. The smallest absolute Gasteiger partial charge is 0.119 e. The van der Waals surface area contributed by atoms with Gasteiger partial charge in [-0.3, -0.25) is 0 Å². The minimum absolute atomic E-state index is 1.25. The van der Waals surface area contributed by atoms with E-state index in [1.165, 1.54) is 16.9 Å². The van der Waals surface area contributed by atoms with Crippen molar-refractivity contribution in [2.24, 2.45) is 0 Å². The average molecular weight is 167 g/mol. The molecule has 0 saturated heterocycles. The Bertz CT molecular complexity index is 492. The molecule has 0 unspecified atom stereocenters. The molecule has 0 spiro atoms. The lowest BCUT2D eigenvalue weighted by molar-refractivity contribution is -0.520. The van der Waals surface area contributed by atoms with Crippen LogP contribution in [0.1, 0.15) is 11.4 Å². The van der Waals surface area contributed by atoms with Gasteiger partial charge in [0.1, 0.15) is 12.5 Å². The van der Waals surface area contributed by atoms with Crippen molar-refractivity contribution in [3.8, 4) is 0 Å². The van der Waals surface area contributed by atoms with E-state index in [9.17, 15) is 0 Å². The molecule has 0 fully saturated rings. The molecule has 2 aromatic heterocycles. The first-order valence-electron chi connectivity index (χ1n) is 4.40. The number of hydrogen-bond donors (Lipinski definition) is 0. The number of allylic oxidation sites excluding steroid dienone is 1. The highest BCUT2D eigenvalue weighted by atomic mass is 14.9. The van der Waals surface area contributed by atoms with Crippen molar-refractivity contribution in [2.75, 3.05) is 0 Å². The Balaban J connectivity index is 2.56. The Labute approximate surface area is 77.0 Å². The molecule has 3 heterocycles. The number of nitrogens with zero attached hydrogens (tertiary/aromatic N) is 1. The molecule has 13 heavy (non-hydrogen) atoms. The van der Waals surface area contributed by atoms with Gasteiger partial charge in [0.05, 0.1) is 12.2 Å². The minimum Gasteiger partial charge on any atom is -0.119 e. The van der Waals surface area contributed by atoms with Gasteiger partial charge < -0.3 is 0 Å². The largest absolute Gasteiger partial charge is 0.318 e. The van der Waals surface area contributed by atoms with Crippen LogP contribution in [-0.2, 0) is 0 Å². The van der Waals surface area contributed by atoms with Crippen LogP contribution in [0.15, 0.2) is 42.5 Å². The summed E-state index contributed by atoms with van der Waals surface area (Å²) in [6.45, 7) is 0. The topological polar surface area (TPSA) is 4.10 Å². The lowest BCUT2D eigenvalue weighted by Crippen LogP contribution is -2.31. The van der Waals surface area contributed by atoms with Gasteiger partial charge in [-0.1, -0.05) is 0 Å². The Morgan fingerprint density at radius 2 is 1.85 bits per heavy atom. The quantitative estimate of drug-likeness (QED) is 0.417. The predicted octanol–water partition coefficient (Wildman–Crippen LogP) is 2.00. The molecule has 1 nitrogen and oxygen atoms in total. The van der Waals surface area contributed by atoms with Crippen LogP contribution in [-0.4, -0.2) is 0 Å². The van der Waals surface area contributed by atoms with E-state index in [4.69, 9.17) is 0 Å². The van der Waals surface area contributed by atoms with Gasteiger partial charge >= 0.3 is 5.69 Å². The number of hydrogen-bond acceptors (Lipinski definition) is 0. The van der Waals surface area contributed by atoms with Crippen molar-refractivity contribution in [2.45, 2.75) is 0 Å². The lowest BCUT2D eigenvalue weighted by atomic mass is 10.1. The highest BCUT2D eigenvalue weighted by Crippen LogP contribution is 2.11. The first-order valence-corrected chi connectivity index (χ1v) is 4.40. The van der Waals surface area contributed by atoms with E-state index >= 15 is 0 Å². The third-order valence-electron chi connectivity index (χ3n) is 2.38. The van der Waals surface area contributed by atoms with Gasteiger partial charge in [-0.15, -0.1) is 4.40 Å². The van der Waals surface area contributed by atoms with Crippen molar-refractivity contribution in [3.05, 3.63) is 60.3 Å². The van der Waals surface area contributed by atoms with Crippen molar-refractivity contribution in [1.29, 1.82) is 0 Å². The molecular weight excluding hydrogens is 158 g/mol. The summed E-state index contributed by atoms with van der Waals surface area (Å²) >= 11 is 0. The molecule has 3 rings (SSSR count). The first-order chi connectivity index (χ1) is 6.45. The van der Waals surface area contributed by atoms with Crippen LogP contribution in [0, 0.1) is 6.42 Å². The van der Waals surface area contributed by atoms with Gasteiger partial charge in [0.2, 0.25) is 5.52 Å². The van der Waals surface area contributed by atoms with Crippen molar-refractivity contribution in [1.82, 2.24) is 0 Å². The standard InChI is InChI=1S/C12H9N/c1-4-10-6-2-8-12-9-3-7-11(5-1)13(10)12/h1-9H/q+2. The molecule has 0 saturated carbocycles. The molecule has 1 aliphatic rings. The van der Waals surface area contributed by atoms with E-state index in [0.29, 0.717) is 0 Å². The van der Waals surface area contributed by atoms with Crippen LogP contribution in [0.2, 0.25) is 0 Å². The third-order valence-corrected chi connectivity index (χ3v) is 2.38. The molecule has 0 N–H and O–H groups in total. The van der Waals surface area contributed by atoms with Gasteiger partial charge in [-0.05, 0) is 6.07 Å². The minimum atomic E-state index is 1.25. The number of rotatable bonds is 0. The summed E-state index contributed by atoms with van der Waals surface area (Å²) in [6.07, 6.45) is 6.34. The first kappa shape index (κ1) is 6.72. The SMILES string of the molecule is C1=Cc2cccc3cccc([n+]23)[CH+]1. The van der Waals surface area contributed by atoms with Crippen LogP contribution in [0.5, 0.6) is 0 Å². The molecule has 0 atom stereocenters. The fraction of sp³-hybridized carbons (Fsp3) is 0. The zero-order valence-corrected chi connectivity index (χ0v) is 7.14. The zero-order valence-electron chi connectivity index (χ0n) is 7.14. The molecule has 0 bridgehead atoms. The Hall–Kier alpha value is -1.76. The molecule has 60 valence electrons. The van der Waals surface area contributed by atoms with Crippen molar-refractivity contribution in [3.63, 3.8) is 0 Å². The van der Waals surface area contributed by atoms with Crippen LogP contribution in [0.3, 0.4) is 0 Å². The maximum Gasteiger partial charge on any atom is 0.318 e. The molecule has 2 aromatic rings. The summed E-state index contributed by atoms with van der Waals surface area (Å²) in [6, 6.07) is 12.7. The van der Waals surface area contributed by atoms with Crippen molar-refractivity contribution >= 4 is 11.6 Å². The van der Waals surface area contributed by atoms with Gasteiger partial charge in [0.25, 0.3) is 5.69 Å². The van der Waals surface area contributed by atoms with E-state index in [-0.39, 0.29) is 0 Å². The zero-order chi connectivity index (χ0) is 8.67. The fourth-order valence-electron chi connectivity index (χ4n) is 1.80. The average Bonchev–Trinajstić information content (AvgIpc) is 2.19. The maximum absolute atomic E-state index is 2.25. The predicted molar refractivity (Wildman–Crippen MR) is 52.0 cm³/mol. The third kappa shape index (κ3) is 0.872. The van der Waals surface area contributed by atoms with Crippen LogP contribution >= 0.6 is 0 Å². The number of aromatic nitrogens is 1. The Morgan fingerprint density at radius 1 is 1.00 bits per heavy atom. The van der Waals surface area contributed by atoms with Crippen LogP contribution < -0.4 is 4.40 Å². The monoisotopic (exact) mass is 167 g/mol. The van der Waals surface area contributed by atoms with Crippen LogP contribution in [0.25, 0.3) is 11.6 Å². The van der Waals surface area contributed by atoms with Gasteiger partial charge in [-0.2, -0.15) is 0 Å². The highest BCUT2D eigenvalue weighted by molar-refractivity contribution is 5.52. The second kappa shape index (κ2) is 2.36. The molecular formula is C12H9N+2. The van der Waals surface area contributed by atoms with Crippen molar-refractivity contribution < 1.29 is 4.40 Å². The molecule has 1 aliphatic heterocycles. The molecule has 1 heteroatoms. The van der Waals surface area contributed by atoms with E-state index < -0.39 is 0 Å². The van der Waals surface area contributed by atoms with E-state index in [0.717, 1.165) is 0 Å². The Kier molecular flexibility index (Phi) is 1.22. The molecule has 0 aromatic carbocycles. The molecule has 0 aliphatic carbocycles. The Morgan fingerprint density at radius 3 is 2.77 bits per heavy atom. The summed E-state index contributed by atoms with van der Waals surface area (Å²) in [4.78, 5) is 0. The van der Waals surface area contributed by atoms with Gasteiger partial charge in [-0.25, -0.2) is 0 Å². The summed E-state index contributed by atoms with van der Waals surface area (Å²) < 4.78 is 2.25. The van der Waals surface area contributed by atoms with E-state index in [1.54, 1.807) is 0 Å². The maximum atomic E-state index is 2.25. The highest BCUT2D eigenvalue weighted by Gasteiger charge is 2.21. The molecule has 0 amide bonds. The summed E-state index contributed by atoms with van der Waals surface area (Å²) in [7, 11) is 0. The summed E-state index contributed by atoms with van der Waals surface area (Å²) in [5.74, 6) is 0. The number of pyridine rings is 2. The second-order valence-corrected chi connectivity index (χ2v) is 3.19. The van der Waals surface area contributed by atoms with E-state index in [1.807, 2.05) is 0 Å². The molecule has 0 radical (unpaired) electrons. The van der Waals surface area contributed by atoms with E-state index in [2.05, 4.69) is 59.4 Å². The summed E-state index contributed by atoms with van der Waals surface area (Å²) in [5, 5.41) is 0.